The molecule has 0 radical (unpaired) electrons. The van der Waals surface area contributed by atoms with Gasteiger partial charge in [-0.05, 0) is 43.7 Å². The van der Waals surface area contributed by atoms with Gasteiger partial charge in [0.1, 0.15) is 5.82 Å². The van der Waals surface area contributed by atoms with Crippen LogP contribution < -0.4 is 0 Å². The summed E-state index contributed by atoms with van der Waals surface area (Å²) in [5.41, 5.74) is 0. The normalized spacial score (nSPS) is 25.9. The maximum Gasteiger partial charge on any atom is 0.225 e. The fourth-order valence-electron chi connectivity index (χ4n) is 2.26. The number of hydrogen-bond donors (Lipinski definition) is 0. The molecule has 88 valence electrons. The van der Waals surface area contributed by atoms with Crippen LogP contribution in [0.5, 0.6) is 0 Å². The predicted octanol–water partition coefficient (Wildman–Crippen LogP) is 2.38. The van der Waals surface area contributed by atoms with Crippen LogP contribution in [0.2, 0.25) is 5.28 Å². The Balaban J connectivity index is 1.74. The summed E-state index contributed by atoms with van der Waals surface area (Å²) in [6.45, 7) is 1.70. The van der Waals surface area contributed by atoms with Crippen LogP contribution >= 0.6 is 11.6 Å². The van der Waals surface area contributed by atoms with Gasteiger partial charge in [-0.15, -0.1) is 10.2 Å². The highest BCUT2D eigenvalue weighted by atomic mass is 35.5. The molecule has 1 aliphatic heterocycles. The van der Waals surface area contributed by atoms with Crippen molar-refractivity contribution in [2.24, 2.45) is 0 Å². The molecule has 1 aliphatic carbocycles. The molecule has 2 heterocycles. The second-order valence-electron chi connectivity index (χ2n) is 4.70. The Morgan fingerprint density at radius 3 is 2.81 bits per heavy atom. The van der Waals surface area contributed by atoms with E-state index in [1.54, 1.807) is 0 Å². The highest BCUT2D eigenvalue weighted by Gasteiger charge is 2.31. The van der Waals surface area contributed by atoms with E-state index in [1.165, 1.54) is 25.7 Å². The van der Waals surface area contributed by atoms with Crippen molar-refractivity contribution in [3.63, 3.8) is 0 Å². The van der Waals surface area contributed by atoms with E-state index in [0.29, 0.717) is 17.3 Å². The lowest BCUT2D eigenvalue weighted by Crippen LogP contribution is -2.25. The Kier molecular flexibility index (Phi) is 2.86. The van der Waals surface area contributed by atoms with Gasteiger partial charge >= 0.3 is 0 Å². The zero-order chi connectivity index (χ0) is 11.0. The van der Waals surface area contributed by atoms with Gasteiger partial charge in [-0.1, -0.05) is 0 Å². The fraction of sp³-hybridized carbons (Fsp3) is 0.818. The minimum Gasteiger partial charge on any atom is -0.376 e. The number of aromatic nitrogens is 3. The SMILES string of the molecule is Clc1nnc(C2CC2)n1CC1CCCCO1. The summed E-state index contributed by atoms with van der Waals surface area (Å²) in [6.07, 6.45) is 6.30. The molecule has 1 unspecified atom stereocenters. The van der Waals surface area contributed by atoms with E-state index in [1.807, 2.05) is 4.57 Å². The molecule has 2 aliphatic rings. The van der Waals surface area contributed by atoms with Gasteiger partial charge in [-0.3, -0.25) is 4.57 Å². The minimum atomic E-state index is 0.291. The summed E-state index contributed by atoms with van der Waals surface area (Å²) in [5, 5.41) is 8.65. The lowest BCUT2D eigenvalue weighted by molar-refractivity contribution is 0.00553. The summed E-state index contributed by atoms with van der Waals surface area (Å²) < 4.78 is 7.76. The Morgan fingerprint density at radius 2 is 2.12 bits per heavy atom. The first-order valence-corrected chi connectivity index (χ1v) is 6.42. The highest BCUT2D eigenvalue weighted by molar-refractivity contribution is 6.28. The summed E-state index contributed by atoms with van der Waals surface area (Å²) in [7, 11) is 0. The highest BCUT2D eigenvalue weighted by Crippen LogP contribution is 2.39. The molecule has 1 aromatic rings. The van der Waals surface area contributed by atoms with Crippen molar-refractivity contribution in [2.45, 2.75) is 50.7 Å². The number of hydrogen-bond acceptors (Lipinski definition) is 3. The molecule has 0 N–H and O–H groups in total. The number of rotatable bonds is 3. The third-order valence-electron chi connectivity index (χ3n) is 3.34. The molecule has 1 aromatic heterocycles. The topological polar surface area (TPSA) is 39.9 Å². The molecular formula is C11H16ClN3O. The Hall–Kier alpha value is -0.610. The lowest BCUT2D eigenvalue weighted by atomic mass is 10.1. The molecule has 1 saturated carbocycles. The van der Waals surface area contributed by atoms with Crippen LogP contribution in [0.1, 0.15) is 43.8 Å². The maximum atomic E-state index is 6.07. The smallest absolute Gasteiger partial charge is 0.225 e. The molecule has 1 atom stereocenters. The van der Waals surface area contributed by atoms with E-state index >= 15 is 0 Å². The second kappa shape index (κ2) is 4.34. The van der Waals surface area contributed by atoms with Gasteiger partial charge in [0.25, 0.3) is 0 Å². The van der Waals surface area contributed by atoms with E-state index in [-0.39, 0.29) is 0 Å². The van der Waals surface area contributed by atoms with Crippen LogP contribution in [-0.4, -0.2) is 27.5 Å². The standard InChI is InChI=1S/C11H16ClN3O/c12-11-14-13-10(8-4-5-8)15(11)7-9-3-1-2-6-16-9/h8-9H,1-7H2. The van der Waals surface area contributed by atoms with Crippen molar-refractivity contribution < 1.29 is 4.74 Å². The third-order valence-corrected chi connectivity index (χ3v) is 3.62. The molecule has 16 heavy (non-hydrogen) atoms. The molecular weight excluding hydrogens is 226 g/mol. The van der Waals surface area contributed by atoms with Gasteiger partial charge in [0, 0.05) is 12.5 Å². The number of halogens is 1. The van der Waals surface area contributed by atoms with Crippen molar-refractivity contribution in [3.8, 4) is 0 Å². The minimum absolute atomic E-state index is 0.291. The molecule has 1 saturated heterocycles. The molecule has 3 rings (SSSR count). The van der Waals surface area contributed by atoms with Crippen molar-refractivity contribution in [1.82, 2.24) is 14.8 Å². The van der Waals surface area contributed by atoms with Crippen LogP contribution in [0.3, 0.4) is 0 Å². The lowest BCUT2D eigenvalue weighted by Gasteiger charge is -2.23. The molecule has 0 spiro atoms. The maximum absolute atomic E-state index is 6.07. The van der Waals surface area contributed by atoms with E-state index in [2.05, 4.69) is 10.2 Å². The zero-order valence-corrected chi connectivity index (χ0v) is 9.99. The van der Waals surface area contributed by atoms with Gasteiger partial charge in [0.15, 0.2) is 0 Å². The van der Waals surface area contributed by atoms with Gasteiger partial charge in [0.2, 0.25) is 5.28 Å². The van der Waals surface area contributed by atoms with Crippen LogP contribution in [-0.2, 0) is 11.3 Å². The molecule has 2 fully saturated rings. The Labute approximate surface area is 99.9 Å². The number of nitrogens with zero attached hydrogens (tertiary/aromatic N) is 3. The first-order chi connectivity index (χ1) is 7.84. The molecule has 5 heteroatoms. The van der Waals surface area contributed by atoms with Crippen LogP contribution in [0.15, 0.2) is 0 Å². The van der Waals surface area contributed by atoms with Crippen molar-refractivity contribution in [2.75, 3.05) is 6.61 Å². The van der Waals surface area contributed by atoms with Crippen molar-refractivity contribution >= 4 is 11.6 Å². The molecule has 0 amide bonds. The average molecular weight is 242 g/mol. The summed E-state index contributed by atoms with van der Waals surface area (Å²) in [6, 6.07) is 0. The van der Waals surface area contributed by atoms with Crippen LogP contribution in [0.25, 0.3) is 0 Å². The Bertz CT molecular complexity index is 369. The predicted molar refractivity (Wildman–Crippen MR) is 60.6 cm³/mol. The van der Waals surface area contributed by atoms with E-state index in [9.17, 15) is 0 Å². The van der Waals surface area contributed by atoms with Gasteiger partial charge in [-0.25, -0.2) is 0 Å². The van der Waals surface area contributed by atoms with E-state index in [0.717, 1.165) is 25.4 Å². The average Bonchev–Trinajstić information content (AvgIpc) is 3.08. The van der Waals surface area contributed by atoms with E-state index in [4.69, 9.17) is 16.3 Å². The van der Waals surface area contributed by atoms with Gasteiger partial charge < -0.3 is 4.74 Å². The van der Waals surface area contributed by atoms with Gasteiger partial charge in [-0.2, -0.15) is 0 Å². The van der Waals surface area contributed by atoms with Crippen LogP contribution in [0, 0.1) is 0 Å². The first-order valence-electron chi connectivity index (χ1n) is 6.05. The Morgan fingerprint density at radius 1 is 1.25 bits per heavy atom. The quantitative estimate of drug-likeness (QED) is 0.816. The summed E-state index contributed by atoms with van der Waals surface area (Å²) in [4.78, 5) is 0. The van der Waals surface area contributed by atoms with Gasteiger partial charge in [0.05, 0.1) is 12.6 Å². The largest absolute Gasteiger partial charge is 0.376 e. The second-order valence-corrected chi connectivity index (χ2v) is 5.04. The van der Waals surface area contributed by atoms with Crippen LogP contribution in [0.4, 0.5) is 0 Å². The fourth-order valence-corrected chi connectivity index (χ4v) is 2.46. The number of ether oxygens (including phenoxy) is 1. The molecule has 4 nitrogen and oxygen atoms in total. The summed E-state index contributed by atoms with van der Waals surface area (Å²) in [5.74, 6) is 1.64. The third kappa shape index (κ3) is 2.09. The summed E-state index contributed by atoms with van der Waals surface area (Å²) >= 11 is 6.07. The van der Waals surface area contributed by atoms with Crippen molar-refractivity contribution in [1.29, 1.82) is 0 Å². The monoisotopic (exact) mass is 241 g/mol. The molecule has 0 bridgehead atoms. The first kappa shape index (κ1) is 10.5. The van der Waals surface area contributed by atoms with E-state index < -0.39 is 0 Å². The zero-order valence-electron chi connectivity index (χ0n) is 9.23. The molecule has 0 aromatic carbocycles. The van der Waals surface area contributed by atoms with Crippen molar-refractivity contribution in [3.05, 3.63) is 11.1 Å².